The highest BCUT2D eigenvalue weighted by molar-refractivity contribution is 14.0. The fraction of sp³-hybridized carbons (Fsp3) is 0.867. The van der Waals surface area contributed by atoms with Gasteiger partial charge in [-0.1, -0.05) is 12.8 Å². The molecule has 2 rings (SSSR count). The van der Waals surface area contributed by atoms with Gasteiger partial charge in [-0.15, -0.1) is 24.0 Å². The number of nitrogens with zero attached hydrogens (tertiary/aromatic N) is 2. The van der Waals surface area contributed by atoms with Gasteiger partial charge in [0.25, 0.3) is 0 Å². The number of likely N-dealkylation sites (tertiary alicyclic amines) is 1. The lowest BCUT2D eigenvalue weighted by Gasteiger charge is -2.21. The third-order valence-corrected chi connectivity index (χ3v) is 4.37. The van der Waals surface area contributed by atoms with Crippen LogP contribution in [0.1, 0.15) is 32.1 Å². The smallest absolute Gasteiger partial charge is 0.225 e. The van der Waals surface area contributed by atoms with Crippen LogP contribution in [-0.2, 0) is 9.53 Å². The molecule has 1 aliphatic carbocycles. The summed E-state index contributed by atoms with van der Waals surface area (Å²) in [6.45, 7) is 3.04. The largest absolute Gasteiger partial charge is 0.383 e. The maximum Gasteiger partial charge on any atom is 0.225 e. The molecule has 6 nitrogen and oxygen atoms in total. The maximum atomic E-state index is 12.4. The van der Waals surface area contributed by atoms with Gasteiger partial charge >= 0.3 is 0 Å². The third kappa shape index (κ3) is 5.57. The summed E-state index contributed by atoms with van der Waals surface area (Å²) in [5, 5.41) is 6.60. The topological polar surface area (TPSA) is 66.0 Å². The number of hydrogen-bond acceptors (Lipinski definition) is 3. The Balaban J connectivity index is 0.00000242. The number of guanidine groups is 1. The zero-order valence-electron chi connectivity index (χ0n) is 13.6. The first-order valence-electron chi connectivity index (χ1n) is 7.99. The van der Waals surface area contributed by atoms with Crippen molar-refractivity contribution in [3.8, 4) is 0 Å². The van der Waals surface area contributed by atoms with E-state index in [4.69, 9.17) is 4.74 Å². The Hall–Kier alpha value is -0.570. The molecule has 0 radical (unpaired) electrons. The molecule has 0 spiro atoms. The Kier molecular flexibility index (Phi) is 9.08. The number of halogens is 1. The molecule has 0 aromatic rings. The molecule has 1 amide bonds. The van der Waals surface area contributed by atoms with E-state index in [9.17, 15) is 4.79 Å². The van der Waals surface area contributed by atoms with E-state index in [1.165, 1.54) is 12.8 Å². The molecule has 0 bridgehead atoms. The van der Waals surface area contributed by atoms with Gasteiger partial charge in [0, 0.05) is 45.8 Å². The van der Waals surface area contributed by atoms with Crippen molar-refractivity contribution in [3.05, 3.63) is 0 Å². The van der Waals surface area contributed by atoms with Crippen LogP contribution in [0.15, 0.2) is 4.99 Å². The third-order valence-electron chi connectivity index (χ3n) is 4.37. The predicted octanol–water partition coefficient (Wildman–Crippen LogP) is 1.21. The van der Waals surface area contributed by atoms with Gasteiger partial charge in [-0.3, -0.25) is 9.79 Å². The Morgan fingerprint density at radius 2 is 2.05 bits per heavy atom. The second kappa shape index (κ2) is 10.3. The minimum atomic E-state index is 0. The van der Waals surface area contributed by atoms with Crippen LogP contribution >= 0.6 is 24.0 Å². The molecule has 1 saturated carbocycles. The second-order valence-corrected chi connectivity index (χ2v) is 5.89. The summed E-state index contributed by atoms with van der Waals surface area (Å²) >= 11 is 0. The van der Waals surface area contributed by atoms with Crippen LogP contribution in [0.3, 0.4) is 0 Å². The first-order valence-corrected chi connectivity index (χ1v) is 7.99. The van der Waals surface area contributed by atoms with E-state index in [0.717, 1.165) is 44.9 Å². The number of nitrogens with one attached hydrogen (secondary N) is 2. The molecule has 2 aliphatic rings. The molecule has 1 aliphatic heterocycles. The summed E-state index contributed by atoms with van der Waals surface area (Å²) in [6, 6.07) is 0.295. The fourth-order valence-corrected chi connectivity index (χ4v) is 3.17. The average Bonchev–Trinajstić information content (AvgIpc) is 3.17. The van der Waals surface area contributed by atoms with Crippen molar-refractivity contribution in [2.75, 3.05) is 40.4 Å². The molecule has 2 fully saturated rings. The molecule has 1 unspecified atom stereocenters. The number of carbonyl (C=O) groups is 1. The molecule has 1 atom stereocenters. The summed E-state index contributed by atoms with van der Waals surface area (Å²) in [5.74, 6) is 1.43. The van der Waals surface area contributed by atoms with Crippen LogP contribution in [0.5, 0.6) is 0 Å². The highest BCUT2D eigenvalue weighted by Gasteiger charge is 2.32. The quantitative estimate of drug-likeness (QED) is 0.302. The lowest BCUT2D eigenvalue weighted by atomic mass is 10.1. The van der Waals surface area contributed by atoms with Crippen LogP contribution in [0.4, 0.5) is 0 Å². The van der Waals surface area contributed by atoms with E-state index in [2.05, 4.69) is 15.6 Å². The Morgan fingerprint density at radius 1 is 1.32 bits per heavy atom. The van der Waals surface area contributed by atoms with Gasteiger partial charge in [0.15, 0.2) is 5.96 Å². The second-order valence-electron chi connectivity index (χ2n) is 5.89. The summed E-state index contributed by atoms with van der Waals surface area (Å²) < 4.78 is 5.01. The number of hydrogen-bond donors (Lipinski definition) is 2. The summed E-state index contributed by atoms with van der Waals surface area (Å²) in [6.07, 6.45) is 5.56. The van der Waals surface area contributed by atoms with Crippen molar-refractivity contribution in [3.63, 3.8) is 0 Å². The minimum absolute atomic E-state index is 0. The predicted molar refractivity (Wildman–Crippen MR) is 98.7 cm³/mol. The van der Waals surface area contributed by atoms with Crippen LogP contribution in [-0.4, -0.2) is 63.2 Å². The Morgan fingerprint density at radius 3 is 2.68 bits per heavy atom. The molecule has 7 heteroatoms. The lowest BCUT2D eigenvalue weighted by molar-refractivity contribution is -0.134. The van der Waals surface area contributed by atoms with Gasteiger partial charge in [0.05, 0.1) is 6.61 Å². The molecule has 0 aromatic heterocycles. The highest BCUT2D eigenvalue weighted by Crippen LogP contribution is 2.27. The van der Waals surface area contributed by atoms with Gasteiger partial charge in [-0.05, 0) is 19.3 Å². The van der Waals surface area contributed by atoms with Crippen LogP contribution in [0.2, 0.25) is 0 Å². The van der Waals surface area contributed by atoms with E-state index in [0.29, 0.717) is 18.6 Å². The van der Waals surface area contributed by atoms with Crippen molar-refractivity contribution in [1.29, 1.82) is 0 Å². The SMILES string of the molecule is CN=C(NCCOC)NC1CCN(C(=O)C2CCCC2)C1.I. The molecule has 1 saturated heterocycles. The van der Waals surface area contributed by atoms with E-state index >= 15 is 0 Å². The number of aliphatic imine (C=N–C) groups is 1. The molecular weight excluding hydrogens is 395 g/mol. The van der Waals surface area contributed by atoms with E-state index in [1.807, 2.05) is 4.90 Å². The highest BCUT2D eigenvalue weighted by atomic mass is 127. The van der Waals surface area contributed by atoms with Crippen molar-refractivity contribution in [1.82, 2.24) is 15.5 Å². The zero-order chi connectivity index (χ0) is 15.1. The van der Waals surface area contributed by atoms with Gasteiger partial charge < -0.3 is 20.3 Å². The van der Waals surface area contributed by atoms with Crippen molar-refractivity contribution in [2.45, 2.75) is 38.1 Å². The Bertz CT molecular complexity index is 373. The average molecular weight is 424 g/mol. The van der Waals surface area contributed by atoms with Gasteiger partial charge in [-0.2, -0.15) is 0 Å². The van der Waals surface area contributed by atoms with Gasteiger partial charge in [0.1, 0.15) is 0 Å². The normalized spacial score (nSPS) is 22.5. The summed E-state index contributed by atoms with van der Waals surface area (Å²) in [4.78, 5) is 18.6. The number of methoxy groups -OCH3 is 1. The first-order chi connectivity index (χ1) is 10.2. The van der Waals surface area contributed by atoms with Crippen LogP contribution < -0.4 is 10.6 Å². The van der Waals surface area contributed by atoms with Crippen molar-refractivity contribution < 1.29 is 9.53 Å². The summed E-state index contributed by atoms with van der Waals surface area (Å²) in [5.41, 5.74) is 0. The molecular formula is C15H29IN4O2. The molecule has 0 aromatic carbocycles. The van der Waals surface area contributed by atoms with E-state index in [-0.39, 0.29) is 29.9 Å². The minimum Gasteiger partial charge on any atom is -0.383 e. The van der Waals surface area contributed by atoms with Gasteiger partial charge in [-0.25, -0.2) is 0 Å². The Labute approximate surface area is 150 Å². The fourth-order valence-electron chi connectivity index (χ4n) is 3.17. The zero-order valence-corrected chi connectivity index (χ0v) is 16.0. The number of amides is 1. The van der Waals surface area contributed by atoms with E-state index in [1.54, 1.807) is 14.2 Å². The number of carbonyl (C=O) groups excluding carboxylic acids is 1. The number of rotatable bonds is 5. The standard InChI is InChI=1S/C15H28N4O2.HI/c1-16-15(17-8-10-21-2)18-13-7-9-19(11-13)14(20)12-5-3-4-6-12;/h12-13H,3-11H2,1-2H3,(H2,16,17,18);1H. The monoisotopic (exact) mass is 424 g/mol. The maximum absolute atomic E-state index is 12.4. The summed E-state index contributed by atoms with van der Waals surface area (Å²) in [7, 11) is 3.44. The molecule has 22 heavy (non-hydrogen) atoms. The van der Waals surface area contributed by atoms with Crippen LogP contribution in [0.25, 0.3) is 0 Å². The van der Waals surface area contributed by atoms with E-state index < -0.39 is 0 Å². The first kappa shape index (κ1) is 19.5. The van der Waals surface area contributed by atoms with Gasteiger partial charge in [0.2, 0.25) is 5.91 Å². The molecule has 1 heterocycles. The lowest BCUT2D eigenvalue weighted by Crippen LogP contribution is -2.46. The molecule has 128 valence electrons. The van der Waals surface area contributed by atoms with Crippen molar-refractivity contribution in [2.24, 2.45) is 10.9 Å². The molecule has 2 N–H and O–H groups in total. The van der Waals surface area contributed by atoms with Crippen molar-refractivity contribution >= 4 is 35.8 Å². The van der Waals surface area contributed by atoms with Crippen LogP contribution in [0, 0.1) is 5.92 Å². The number of ether oxygens (including phenoxy) is 1.